The van der Waals surface area contributed by atoms with Gasteiger partial charge in [-0.25, -0.2) is 8.42 Å². The third-order valence-electron chi connectivity index (χ3n) is 5.77. The molecule has 0 saturated heterocycles. The van der Waals surface area contributed by atoms with E-state index in [4.69, 9.17) is 4.74 Å². The number of hydrogen-bond donors (Lipinski definition) is 1. The fraction of sp³-hybridized carbons (Fsp3) is 0.320. The topological polar surface area (TPSA) is 75.7 Å². The predicted octanol–water partition coefficient (Wildman–Crippen LogP) is 3.75. The first-order valence-corrected chi connectivity index (χ1v) is 12.6. The minimum atomic E-state index is -3.38. The Labute approximate surface area is 189 Å². The first-order chi connectivity index (χ1) is 15.5. The molecule has 6 nitrogen and oxygen atoms in total. The molecule has 1 aliphatic heterocycles. The molecule has 0 bridgehead atoms. The molecule has 4 rings (SSSR count). The summed E-state index contributed by atoms with van der Waals surface area (Å²) in [5, 5.41) is 4.65. The smallest absolute Gasteiger partial charge is 0.255 e. The number of amides is 1. The summed E-state index contributed by atoms with van der Waals surface area (Å²) in [4.78, 5) is 13.0. The Morgan fingerprint density at radius 2 is 1.78 bits per heavy atom. The second kappa shape index (κ2) is 9.71. The van der Waals surface area contributed by atoms with Crippen LogP contribution in [0.4, 0.5) is 0 Å². The average molecular weight is 453 g/mol. The molecule has 7 heteroatoms. The highest BCUT2D eigenvalue weighted by molar-refractivity contribution is 7.89. The van der Waals surface area contributed by atoms with Crippen LogP contribution < -0.4 is 10.1 Å². The molecule has 0 aromatic heterocycles. The van der Waals surface area contributed by atoms with E-state index in [1.54, 1.807) is 10.4 Å². The normalized spacial score (nSPS) is 14.2. The molecule has 1 N–H and O–H groups in total. The number of sulfonamides is 1. The van der Waals surface area contributed by atoms with Gasteiger partial charge in [-0.3, -0.25) is 4.79 Å². The second-order valence-corrected chi connectivity index (χ2v) is 9.96. The van der Waals surface area contributed by atoms with Gasteiger partial charge in [-0.15, -0.1) is 0 Å². The summed E-state index contributed by atoms with van der Waals surface area (Å²) in [6, 6.07) is 19.4. The van der Waals surface area contributed by atoms with E-state index >= 15 is 0 Å². The van der Waals surface area contributed by atoms with E-state index in [9.17, 15) is 13.2 Å². The van der Waals surface area contributed by atoms with Crippen molar-refractivity contribution >= 4 is 26.7 Å². The first-order valence-electron chi connectivity index (χ1n) is 11.0. The summed E-state index contributed by atoms with van der Waals surface area (Å²) in [7, 11) is -3.38. The number of benzene rings is 3. The van der Waals surface area contributed by atoms with E-state index in [-0.39, 0.29) is 18.2 Å². The van der Waals surface area contributed by atoms with Crippen LogP contribution in [0, 0.1) is 0 Å². The molecule has 0 aliphatic carbocycles. The highest BCUT2D eigenvalue weighted by Crippen LogP contribution is 2.28. The van der Waals surface area contributed by atoms with E-state index in [0.717, 1.165) is 22.8 Å². The molecule has 0 atom stereocenters. The van der Waals surface area contributed by atoms with Crippen LogP contribution in [0.5, 0.6) is 5.75 Å². The largest absolute Gasteiger partial charge is 0.493 e. The zero-order chi connectivity index (χ0) is 22.6. The number of rotatable bonds is 8. The molecule has 0 unspecified atom stereocenters. The van der Waals surface area contributed by atoms with Gasteiger partial charge in [0.15, 0.2) is 0 Å². The zero-order valence-corrected chi connectivity index (χ0v) is 19.0. The van der Waals surface area contributed by atoms with Gasteiger partial charge in [0.1, 0.15) is 5.75 Å². The maximum absolute atomic E-state index is 13.0. The Balaban J connectivity index is 1.38. The van der Waals surface area contributed by atoms with Gasteiger partial charge in [0, 0.05) is 19.6 Å². The van der Waals surface area contributed by atoms with Crippen LogP contribution in [-0.4, -0.2) is 44.1 Å². The molecule has 0 fully saturated rings. The lowest BCUT2D eigenvalue weighted by Gasteiger charge is -2.28. The highest BCUT2D eigenvalue weighted by atomic mass is 32.2. The van der Waals surface area contributed by atoms with E-state index in [0.29, 0.717) is 37.4 Å². The Hall–Kier alpha value is -2.90. The summed E-state index contributed by atoms with van der Waals surface area (Å²) in [5.41, 5.74) is 2.77. The fourth-order valence-corrected chi connectivity index (χ4v) is 5.62. The predicted molar refractivity (Wildman–Crippen MR) is 126 cm³/mol. The zero-order valence-electron chi connectivity index (χ0n) is 18.2. The molecule has 1 heterocycles. The number of carbonyl (C=O) groups is 1. The molecule has 1 amide bonds. The summed E-state index contributed by atoms with van der Waals surface area (Å²) >= 11 is 0. The molecule has 0 spiro atoms. The Kier molecular flexibility index (Phi) is 6.77. The van der Waals surface area contributed by atoms with Gasteiger partial charge in [-0.1, -0.05) is 54.6 Å². The van der Waals surface area contributed by atoms with Crippen LogP contribution in [0.3, 0.4) is 0 Å². The van der Waals surface area contributed by atoms with Crippen molar-refractivity contribution in [2.24, 2.45) is 0 Å². The number of ether oxygens (including phenoxy) is 1. The molecule has 32 heavy (non-hydrogen) atoms. The number of hydrogen-bond acceptors (Lipinski definition) is 4. The molecular weight excluding hydrogens is 424 g/mol. The van der Waals surface area contributed by atoms with Crippen LogP contribution in [0.2, 0.25) is 0 Å². The lowest BCUT2D eigenvalue weighted by atomic mass is 10.0. The van der Waals surface area contributed by atoms with E-state index < -0.39 is 10.0 Å². The van der Waals surface area contributed by atoms with E-state index in [1.807, 2.05) is 55.5 Å². The monoisotopic (exact) mass is 452 g/mol. The van der Waals surface area contributed by atoms with Crippen LogP contribution in [0.1, 0.15) is 34.8 Å². The van der Waals surface area contributed by atoms with Crippen molar-refractivity contribution in [3.63, 3.8) is 0 Å². The van der Waals surface area contributed by atoms with Crippen molar-refractivity contribution in [1.82, 2.24) is 9.62 Å². The third-order valence-corrected chi connectivity index (χ3v) is 7.67. The number of nitrogens with zero attached hydrogens (tertiary/aromatic N) is 1. The van der Waals surface area contributed by atoms with Gasteiger partial charge in [0.2, 0.25) is 10.0 Å². The van der Waals surface area contributed by atoms with Gasteiger partial charge in [-0.2, -0.15) is 4.31 Å². The van der Waals surface area contributed by atoms with Crippen molar-refractivity contribution in [3.05, 3.63) is 77.4 Å². The number of nitrogens with one attached hydrogen (secondary N) is 1. The number of carbonyl (C=O) groups excluding carboxylic acids is 1. The van der Waals surface area contributed by atoms with Crippen molar-refractivity contribution < 1.29 is 17.9 Å². The molecule has 0 radical (unpaired) electrons. The van der Waals surface area contributed by atoms with Gasteiger partial charge < -0.3 is 10.1 Å². The molecular formula is C25H28N2O4S. The minimum absolute atomic E-state index is 0.00328. The van der Waals surface area contributed by atoms with Gasteiger partial charge >= 0.3 is 0 Å². The van der Waals surface area contributed by atoms with Crippen LogP contribution in [-0.2, 0) is 23.0 Å². The fourth-order valence-electron chi connectivity index (χ4n) is 4.14. The van der Waals surface area contributed by atoms with Crippen molar-refractivity contribution in [2.75, 3.05) is 25.4 Å². The summed E-state index contributed by atoms with van der Waals surface area (Å²) in [5.74, 6) is 0.279. The molecule has 3 aromatic carbocycles. The lowest BCUT2D eigenvalue weighted by Crippen LogP contribution is -2.38. The number of fused-ring (bicyclic) bond motifs is 2. The molecule has 0 saturated carbocycles. The second-order valence-electron chi connectivity index (χ2n) is 7.87. The van der Waals surface area contributed by atoms with E-state index in [1.165, 1.54) is 5.56 Å². The molecule has 3 aromatic rings. The van der Waals surface area contributed by atoms with Gasteiger partial charge in [-0.05, 0) is 47.7 Å². The average Bonchev–Trinajstić information content (AvgIpc) is 2.81. The van der Waals surface area contributed by atoms with Crippen LogP contribution >= 0.6 is 0 Å². The van der Waals surface area contributed by atoms with Crippen molar-refractivity contribution in [2.45, 2.75) is 26.3 Å². The van der Waals surface area contributed by atoms with Gasteiger partial charge in [0.05, 0.1) is 17.9 Å². The molecule has 1 aliphatic rings. The van der Waals surface area contributed by atoms with Crippen LogP contribution in [0.25, 0.3) is 10.8 Å². The van der Waals surface area contributed by atoms with Crippen molar-refractivity contribution in [1.29, 1.82) is 0 Å². The van der Waals surface area contributed by atoms with Crippen LogP contribution in [0.15, 0.2) is 60.7 Å². The SMILES string of the molecule is CCOc1ccc2ccccc2c1C(=O)NCCCS(=O)(=O)N1CCc2ccccc2C1. The lowest BCUT2D eigenvalue weighted by molar-refractivity contribution is 0.0951. The first kappa shape index (κ1) is 22.3. The minimum Gasteiger partial charge on any atom is -0.493 e. The summed E-state index contributed by atoms with van der Waals surface area (Å²) in [6.07, 6.45) is 1.08. The van der Waals surface area contributed by atoms with E-state index in [2.05, 4.69) is 11.4 Å². The summed E-state index contributed by atoms with van der Waals surface area (Å²) in [6.45, 7) is 3.52. The third kappa shape index (κ3) is 4.79. The quantitative estimate of drug-likeness (QED) is 0.528. The highest BCUT2D eigenvalue weighted by Gasteiger charge is 2.26. The molecule has 168 valence electrons. The Bertz CT molecular complexity index is 1220. The maximum Gasteiger partial charge on any atom is 0.255 e. The Morgan fingerprint density at radius 3 is 2.59 bits per heavy atom. The maximum atomic E-state index is 13.0. The Morgan fingerprint density at radius 1 is 1.03 bits per heavy atom. The standard InChI is InChI=1S/C25H28N2O4S/c1-2-31-23-13-12-20-9-5-6-11-22(20)24(23)25(28)26-15-7-17-32(29,30)27-16-14-19-8-3-4-10-21(19)18-27/h3-6,8-13H,2,7,14-18H2,1H3,(H,26,28). The van der Waals surface area contributed by atoms with Crippen molar-refractivity contribution in [3.8, 4) is 5.75 Å². The summed E-state index contributed by atoms with van der Waals surface area (Å²) < 4.78 is 32.9. The van der Waals surface area contributed by atoms with Gasteiger partial charge in [0.25, 0.3) is 5.91 Å².